The summed E-state index contributed by atoms with van der Waals surface area (Å²) in [5.41, 5.74) is 2.06. The molecule has 0 atom stereocenters. The molecule has 25 heavy (non-hydrogen) atoms. The zero-order valence-corrected chi connectivity index (χ0v) is 16.5. The van der Waals surface area contributed by atoms with Crippen molar-refractivity contribution in [3.8, 4) is 0 Å². The van der Waals surface area contributed by atoms with Crippen LogP contribution in [-0.4, -0.2) is 36.8 Å². The van der Waals surface area contributed by atoms with Crippen molar-refractivity contribution in [3.05, 3.63) is 66.2 Å². The Hall–Kier alpha value is -1.85. The number of quaternary nitrogens is 1. The van der Waals surface area contributed by atoms with Crippen molar-refractivity contribution in [2.24, 2.45) is 0 Å². The van der Waals surface area contributed by atoms with Gasteiger partial charge in [0.15, 0.2) is 0 Å². The highest BCUT2D eigenvalue weighted by atomic mass is 79.9. The molecule has 0 aliphatic heterocycles. The molecule has 0 aromatic heterocycles. The average Bonchev–Trinajstić information content (AvgIpc) is 2.62. The number of ether oxygens (including phenoxy) is 1. The van der Waals surface area contributed by atoms with Crippen LogP contribution >= 0.6 is 0 Å². The van der Waals surface area contributed by atoms with E-state index in [2.05, 4.69) is 43.4 Å². The summed E-state index contributed by atoms with van der Waals surface area (Å²) in [7, 11) is 0. The lowest BCUT2D eigenvalue weighted by molar-refractivity contribution is -0.937. The van der Waals surface area contributed by atoms with E-state index in [0.29, 0.717) is 6.61 Å². The maximum Gasteiger partial charge on any atom is 0.411 e. The quantitative estimate of drug-likeness (QED) is 0.670. The van der Waals surface area contributed by atoms with Gasteiger partial charge in [0.25, 0.3) is 0 Å². The van der Waals surface area contributed by atoms with Gasteiger partial charge in [0.05, 0.1) is 13.1 Å². The molecule has 0 radical (unpaired) electrons. The van der Waals surface area contributed by atoms with E-state index in [9.17, 15) is 4.79 Å². The molecule has 0 fully saturated rings. The number of benzene rings is 2. The highest BCUT2D eigenvalue weighted by Gasteiger charge is 2.24. The van der Waals surface area contributed by atoms with Gasteiger partial charge in [-0.25, -0.2) is 4.79 Å². The summed E-state index contributed by atoms with van der Waals surface area (Å²) in [6.07, 6.45) is -0.397. The van der Waals surface area contributed by atoms with Gasteiger partial charge in [-0.1, -0.05) is 48.5 Å². The van der Waals surface area contributed by atoms with Crippen LogP contribution in [0, 0.1) is 0 Å². The largest absolute Gasteiger partial charge is 1.00 e. The third-order valence-electron chi connectivity index (χ3n) is 4.52. The number of rotatable bonds is 8. The second kappa shape index (κ2) is 10.9. The number of amides is 1. The Morgan fingerprint density at radius 3 is 2.08 bits per heavy atom. The fraction of sp³-hybridized carbons (Fsp3) is 0.350. The first-order valence-corrected chi connectivity index (χ1v) is 8.55. The molecular formula is C20H27BrN2O2. The number of nitrogens with one attached hydrogen (secondary N) is 1. The van der Waals surface area contributed by atoms with Gasteiger partial charge in [-0.2, -0.15) is 0 Å². The average molecular weight is 407 g/mol. The Morgan fingerprint density at radius 2 is 1.52 bits per heavy atom. The predicted octanol–water partition coefficient (Wildman–Crippen LogP) is 1.30. The lowest BCUT2D eigenvalue weighted by atomic mass is 10.2. The summed E-state index contributed by atoms with van der Waals surface area (Å²) in [4.78, 5) is 11.9. The highest BCUT2D eigenvalue weighted by molar-refractivity contribution is 5.84. The number of hydrogen-bond acceptors (Lipinski definition) is 2. The number of nitrogens with zero attached hydrogens (tertiary/aromatic N) is 1. The van der Waals surface area contributed by atoms with Crippen LogP contribution in [0.1, 0.15) is 19.4 Å². The zero-order valence-electron chi connectivity index (χ0n) is 15.0. The minimum absolute atomic E-state index is 0. The summed E-state index contributed by atoms with van der Waals surface area (Å²) < 4.78 is 6.28. The van der Waals surface area contributed by atoms with Crippen LogP contribution in [0.2, 0.25) is 0 Å². The van der Waals surface area contributed by atoms with Crippen molar-refractivity contribution in [1.82, 2.24) is 0 Å². The number of carbonyl (C=O) groups excluding carboxylic acids is 1. The first-order chi connectivity index (χ1) is 11.7. The fourth-order valence-corrected chi connectivity index (χ4v) is 2.82. The summed E-state index contributed by atoms with van der Waals surface area (Å²) in [6.45, 7) is 8.58. The normalized spacial score (nSPS) is 10.6. The Labute approximate surface area is 161 Å². The monoisotopic (exact) mass is 406 g/mol. The molecule has 4 nitrogen and oxygen atoms in total. The van der Waals surface area contributed by atoms with Crippen molar-refractivity contribution in [2.45, 2.75) is 20.4 Å². The molecule has 2 aromatic rings. The molecule has 0 spiro atoms. The van der Waals surface area contributed by atoms with E-state index in [1.165, 1.54) is 5.56 Å². The Morgan fingerprint density at radius 1 is 0.960 bits per heavy atom. The van der Waals surface area contributed by atoms with Crippen LogP contribution in [0.3, 0.4) is 0 Å². The number of hydrogen-bond donors (Lipinski definition) is 1. The molecule has 0 saturated carbocycles. The molecule has 0 aliphatic rings. The van der Waals surface area contributed by atoms with Crippen molar-refractivity contribution in [2.75, 3.05) is 31.6 Å². The topological polar surface area (TPSA) is 38.3 Å². The molecule has 5 heteroatoms. The Bertz CT molecular complexity index is 616. The predicted molar refractivity (Wildman–Crippen MR) is 97.8 cm³/mol. The summed E-state index contributed by atoms with van der Waals surface area (Å²) in [5, 5.41) is 2.75. The van der Waals surface area contributed by atoms with Gasteiger partial charge in [0, 0.05) is 11.3 Å². The standard InChI is InChI=1S/C20H26N2O2.BrH/c1-3-22(4-2,17-18-11-7-5-8-12-18)15-16-24-20(23)21-19-13-9-6-10-14-19;/h5-14H,3-4,15-17H2,1-2H3;1H. The molecule has 1 amide bonds. The minimum Gasteiger partial charge on any atom is -1.00 e. The smallest absolute Gasteiger partial charge is 0.411 e. The minimum atomic E-state index is -0.397. The molecular weight excluding hydrogens is 380 g/mol. The first kappa shape index (κ1) is 21.2. The van der Waals surface area contributed by atoms with Crippen molar-refractivity contribution < 1.29 is 31.0 Å². The van der Waals surface area contributed by atoms with Crippen LogP contribution in [-0.2, 0) is 11.3 Å². The molecule has 0 unspecified atom stereocenters. The second-order valence-corrected chi connectivity index (χ2v) is 5.97. The third kappa shape index (κ3) is 6.88. The van der Waals surface area contributed by atoms with Crippen molar-refractivity contribution >= 4 is 11.8 Å². The van der Waals surface area contributed by atoms with Gasteiger partial charge in [0.1, 0.15) is 19.7 Å². The highest BCUT2D eigenvalue weighted by Crippen LogP contribution is 2.14. The van der Waals surface area contributed by atoms with Gasteiger partial charge < -0.3 is 26.2 Å². The molecule has 2 rings (SSSR count). The number of likely N-dealkylation sites (N-methyl/N-ethyl adjacent to an activating group) is 1. The van der Waals surface area contributed by atoms with E-state index in [0.717, 1.165) is 36.3 Å². The van der Waals surface area contributed by atoms with Crippen molar-refractivity contribution in [1.29, 1.82) is 0 Å². The molecule has 0 heterocycles. The summed E-state index contributed by atoms with van der Waals surface area (Å²) >= 11 is 0. The number of anilines is 1. The lowest BCUT2D eigenvalue weighted by Gasteiger charge is -2.36. The van der Waals surface area contributed by atoms with E-state index < -0.39 is 6.09 Å². The number of carbonyl (C=O) groups is 1. The van der Waals surface area contributed by atoms with E-state index in [1.807, 2.05) is 36.4 Å². The van der Waals surface area contributed by atoms with Gasteiger partial charge in [-0.05, 0) is 26.0 Å². The molecule has 0 aliphatic carbocycles. The zero-order chi connectivity index (χ0) is 17.3. The fourth-order valence-electron chi connectivity index (χ4n) is 2.82. The summed E-state index contributed by atoms with van der Waals surface area (Å²) in [6, 6.07) is 19.8. The number of para-hydroxylation sites is 1. The second-order valence-electron chi connectivity index (χ2n) is 5.97. The van der Waals surface area contributed by atoms with Crippen LogP contribution in [0.4, 0.5) is 10.5 Å². The van der Waals surface area contributed by atoms with E-state index >= 15 is 0 Å². The van der Waals surface area contributed by atoms with Gasteiger partial charge >= 0.3 is 6.09 Å². The Balaban J connectivity index is 0.00000312. The molecule has 0 bridgehead atoms. The van der Waals surface area contributed by atoms with Gasteiger partial charge in [-0.3, -0.25) is 5.32 Å². The van der Waals surface area contributed by atoms with Crippen LogP contribution in [0.5, 0.6) is 0 Å². The van der Waals surface area contributed by atoms with Crippen LogP contribution < -0.4 is 22.3 Å². The van der Waals surface area contributed by atoms with Gasteiger partial charge in [0.2, 0.25) is 0 Å². The lowest BCUT2D eigenvalue weighted by Crippen LogP contribution is -3.00. The molecule has 0 saturated heterocycles. The van der Waals surface area contributed by atoms with Crippen molar-refractivity contribution in [3.63, 3.8) is 0 Å². The molecule has 1 N–H and O–H groups in total. The maximum absolute atomic E-state index is 11.9. The SMILES string of the molecule is CC[N+](CC)(CCOC(=O)Nc1ccccc1)Cc1ccccc1.[Br-]. The van der Waals surface area contributed by atoms with Crippen LogP contribution in [0.15, 0.2) is 60.7 Å². The van der Waals surface area contributed by atoms with E-state index in [-0.39, 0.29) is 17.0 Å². The Kier molecular flexibility index (Phi) is 9.24. The van der Waals surface area contributed by atoms with Crippen LogP contribution in [0.25, 0.3) is 0 Å². The first-order valence-electron chi connectivity index (χ1n) is 8.55. The maximum atomic E-state index is 11.9. The van der Waals surface area contributed by atoms with Gasteiger partial charge in [-0.15, -0.1) is 0 Å². The molecule has 2 aromatic carbocycles. The molecule has 136 valence electrons. The third-order valence-corrected chi connectivity index (χ3v) is 4.52. The van der Waals surface area contributed by atoms with E-state index in [4.69, 9.17) is 4.74 Å². The summed E-state index contributed by atoms with van der Waals surface area (Å²) in [5.74, 6) is 0. The number of halogens is 1. The van der Waals surface area contributed by atoms with E-state index in [1.54, 1.807) is 0 Å².